The van der Waals surface area contributed by atoms with Crippen LogP contribution in [0.1, 0.15) is 37.7 Å². The van der Waals surface area contributed by atoms with Crippen molar-refractivity contribution >= 4 is 16.6 Å². The van der Waals surface area contributed by atoms with Crippen LogP contribution >= 0.6 is 0 Å². The minimum absolute atomic E-state index is 0.171. The van der Waals surface area contributed by atoms with E-state index in [4.69, 9.17) is 0 Å². The number of rotatable bonds is 4. The number of benzene rings is 1. The summed E-state index contributed by atoms with van der Waals surface area (Å²) in [5.74, 6) is 0.851. The van der Waals surface area contributed by atoms with Crippen LogP contribution < -0.4 is 0 Å². The van der Waals surface area contributed by atoms with Gasteiger partial charge in [-0.3, -0.25) is 10.1 Å². The second kappa shape index (κ2) is 5.03. The van der Waals surface area contributed by atoms with E-state index in [0.717, 1.165) is 17.7 Å². The summed E-state index contributed by atoms with van der Waals surface area (Å²) in [6.45, 7) is 0. The first-order valence-corrected chi connectivity index (χ1v) is 6.99. The Morgan fingerprint density at radius 3 is 2.84 bits per heavy atom. The number of aromatic amines is 1. The molecule has 0 saturated heterocycles. The molecule has 1 saturated carbocycles. The first-order chi connectivity index (χ1) is 9.25. The summed E-state index contributed by atoms with van der Waals surface area (Å²) < 4.78 is 0. The maximum Gasteiger partial charge on any atom is 0.293 e. The number of para-hydroxylation sites is 1. The van der Waals surface area contributed by atoms with E-state index in [9.17, 15) is 10.1 Å². The summed E-state index contributed by atoms with van der Waals surface area (Å²) in [5.41, 5.74) is 2.05. The molecule has 0 bridgehead atoms. The molecule has 1 fully saturated rings. The molecule has 4 nitrogen and oxygen atoms in total. The quantitative estimate of drug-likeness (QED) is 0.660. The van der Waals surface area contributed by atoms with Crippen LogP contribution in [-0.2, 0) is 6.42 Å². The van der Waals surface area contributed by atoms with Crippen molar-refractivity contribution in [2.75, 3.05) is 0 Å². The van der Waals surface area contributed by atoms with E-state index in [1.807, 2.05) is 12.3 Å². The fourth-order valence-corrected chi connectivity index (χ4v) is 3.21. The zero-order valence-corrected chi connectivity index (χ0v) is 10.9. The van der Waals surface area contributed by atoms with Crippen LogP contribution in [0.4, 0.5) is 5.69 Å². The first-order valence-electron chi connectivity index (χ1n) is 6.99. The Labute approximate surface area is 112 Å². The number of nitro benzene ring substituents is 1. The molecule has 1 aromatic heterocycles. The fraction of sp³-hybridized carbons (Fsp3) is 0.467. The SMILES string of the molecule is O=[N+]([O-])c1cccc2c(CCC3CCCC3)c[nH]c12. The third kappa shape index (κ3) is 2.35. The number of aromatic nitrogens is 1. The van der Waals surface area contributed by atoms with Crippen LogP contribution in [-0.4, -0.2) is 9.91 Å². The lowest BCUT2D eigenvalue weighted by atomic mass is 9.98. The number of H-pyrrole nitrogens is 1. The Morgan fingerprint density at radius 1 is 1.32 bits per heavy atom. The van der Waals surface area contributed by atoms with E-state index >= 15 is 0 Å². The van der Waals surface area contributed by atoms with Gasteiger partial charge in [-0.1, -0.05) is 37.8 Å². The molecule has 0 spiro atoms. The van der Waals surface area contributed by atoms with Gasteiger partial charge in [0, 0.05) is 17.6 Å². The second-order valence-corrected chi connectivity index (χ2v) is 5.46. The van der Waals surface area contributed by atoms with E-state index in [-0.39, 0.29) is 10.6 Å². The maximum atomic E-state index is 11.0. The normalized spacial score (nSPS) is 16.2. The molecule has 19 heavy (non-hydrogen) atoms. The van der Waals surface area contributed by atoms with E-state index in [0.29, 0.717) is 5.52 Å². The number of aryl methyl sites for hydroxylation is 1. The van der Waals surface area contributed by atoms with Gasteiger partial charge in [-0.05, 0) is 24.3 Å². The topological polar surface area (TPSA) is 58.9 Å². The van der Waals surface area contributed by atoms with Crippen molar-refractivity contribution in [3.8, 4) is 0 Å². The van der Waals surface area contributed by atoms with Crippen LogP contribution in [0.25, 0.3) is 10.9 Å². The number of nitro groups is 1. The van der Waals surface area contributed by atoms with Gasteiger partial charge in [0.1, 0.15) is 5.52 Å². The summed E-state index contributed by atoms with van der Waals surface area (Å²) in [4.78, 5) is 13.7. The van der Waals surface area contributed by atoms with Crippen LogP contribution in [0, 0.1) is 16.0 Å². The third-order valence-electron chi connectivity index (χ3n) is 4.27. The van der Waals surface area contributed by atoms with Gasteiger partial charge < -0.3 is 4.98 Å². The highest BCUT2D eigenvalue weighted by molar-refractivity contribution is 5.90. The Bertz CT molecular complexity index is 597. The molecule has 3 rings (SSSR count). The first kappa shape index (κ1) is 12.2. The molecule has 1 aliphatic carbocycles. The summed E-state index contributed by atoms with van der Waals surface area (Å²) in [6.07, 6.45) is 9.59. The van der Waals surface area contributed by atoms with Crippen LogP contribution in [0.15, 0.2) is 24.4 Å². The van der Waals surface area contributed by atoms with Crippen LogP contribution in [0.3, 0.4) is 0 Å². The number of non-ortho nitro benzene ring substituents is 1. The number of fused-ring (bicyclic) bond motifs is 1. The summed E-state index contributed by atoms with van der Waals surface area (Å²) in [7, 11) is 0. The molecule has 1 heterocycles. The zero-order valence-electron chi connectivity index (χ0n) is 10.9. The third-order valence-corrected chi connectivity index (χ3v) is 4.27. The Kier molecular flexibility index (Phi) is 3.23. The van der Waals surface area contributed by atoms with E-state index < -0.39 is 0 Å². The summed E-state index contributed by atoms with van der Waals surface area (Å²) in [6, 6.07) is 5.30. The Balaban J connectivity index is 1.84. The van der Waals surface area contributed by atoms with E-state index in [1.165, 1.54) is 37.7 Å². The predicted octanol–water partition coefficient (Wildman–Crippen LogP) is 4.20. The van der Waals surface area contributed by atoms with Gasteiger partial charge in [0.15, 0.2) is 0 Å². The molecule has 0 aliphatic heterocycles. The van der Waals surface area contributed by atoms with Gasteiger partial charge >= 0.3 is 0 Å². The predicted molar refractivity (Wildman–Crippen MR) is 75.2 cm³/mol. The lowest BCUT2D eigenvalue weighted by Gasteiger charge is -2.07. The van der Waals surface area contributed by atoms with Crippen molar-refractivity contribution in [1.82, 2.24) is 4.98 Å². The highest BCUT2D eigenvalue weighted by atomic mass is 16.6. The standard InChI is InChI=1S/C15H18N2O2/c18-17(19)14-7-3-6-13-12(10-16-15(13)14)9-8-11-4-1-2-5-11/h3,6-7,10-11,16H,1-2,4-5,8-9H2. The van der Waals surface area contributed by atoms with Crippen molar-refractivity contribution in [3.63, 3.8) is 0 Å². The molecule has 2 aromatic rings. The number of nitrogens with zero attached hydrogens (tertiary/aromatic N) is 1. The lowest BCUT2D eigenvalue weighted by molar-refractivity contribution is -0.383. The zero-order chi connectivity index (χ0) is 13.2. The smallest absolute Gasteiger partial charge is 0.293 e. The van der Waals surface area contributed by atoms with Crippen LogP contribution in [0.2, 0.25) is 0 Å². The van der Waals surface area contributed by atoms with Crippen molar-refractivity contribution in [2.45, 2.75) is 38.5 Å². The van der Waals surface area contributed by atoms with Gasteiger partial charge in [0.2, 0.25) is 0 Å². The minimum atomic E-state index is -0.320. The van der Waals surface area contributed by atoms with Gasteiger partial charge in [0.25, 0.3) is 5.69 Å². The molecule has 100 valence electrons. The van der Waals surface area contributed by atoms with Gasteiger partial charge in [-0.25, -0.2) is 0 Å². The number of hydrogen-bond donors (Lipinski definition) is 1. The average Bonchev–Trinajstić information content (AvgIpc) is 3.05. The molecule has 0 unspecified atom stereocenters. The van der Waals surface area contributed by atoms with Crippen LogP contribution in [0.5, 0.6) is 0 Å². The Hall–Kier alpha value is -1.84. The molecule has 0 radical (unpaired) electrons. The van der Waals surface area contributed by atoms with Crippen molar-refractivity contribution < 1.29 is 4.92 Å². The average molecular weight is 258 g/mol. The van der Waals surface area contributed by atoms with Crippen molar-refractivity contribution in [3.05, 3.63) is 40.1 Å². The monoisotopic (exact) mass is 258 g/mol. The second-order valence-electron chi connectivity index (χ2n) is 5.46. The Morgan fingerprint density at radius 2 is 2.11 bits per heavy atom. The molecular formula is C15H18N2O2. The molecule has 1 N–H and O–H groups in total. The molecule has 0 amide bonds. The molecule has 0 atom stereocenters. The molecule has 1 aliphatic rings. The highest BCUT2D eigenvalue weighted by Gasteiger charge is 2.18. The minimum Gasteiger partial charge on any atom is -0.355 e. The highest BCUT2D eigenvalue weighted by Crippen LogP contribution is 2.31. The molecular weight excluding hydrogens is 240 g/mol. The lowest BCUT2D eigenvalue weighted by Crippen LogP contribution is -1.95. The summed E-state index contributed by atoms with van der Waals surface area (Å²) >= 11 is 0. The molecule has 4 heteroatoms. The summed E-state index contributed by atoms with van der Waals surface area (Å²) in [5, 5.41) is 12.0. The van der Waals surface area contributed by atoms with E-state index in [2.05, 4.69) is 4.98 Å². The van der Waals surface area contributed by atoms with Gasteiger partial charge in [0.05, 0.1) is 4.92 Å². The molecule has 1 aromatic carbocycles. The van der Waals surface area contributed by atoms with Crippen molar-refractivity contribution in [1.29, 1.82) is 0 Å². The fourth-order valence-electron chi connectivity index (χ4n) is 3.21. The van der Waals surface area contributed by atoms with Gasteiger partial charge in [-0.15, -0.1) is 0 Å². The number of nitrogens with one attached hydrogen (secondary N) is 1. The maximum absolute atomic E-state index is 11.0. The van der Waals surface area contributed by atoms with Gasteiger partial charge in [-0.2, -0.15) is 0 Å². The van der Waals surface area contributed by atoms with Crippen molar-refractivity contribution in [2.24, 2.45) is 5.92 Å². The number of hydrogen-bond acceptors (Lipinski definition) is 2. The largest absolute Gasteiger partial charge is 0.355 e. The van der Waals surface area contributed by atoms with E-state index in [1.54, 1.807) is 12.1 Å².